The molecule has 4 heteroatoms. The standard InChI is InChI=1S/C16H19NO3/c1-6-11-10-17(15(18)20-16(2,3)4)14-12(11)8-7-9-13(14)19-5/h6-10H,1H2,2-5H3. The summed E-state index contributed by atoms with van der Waals surface area (Å²) in [5.41, 5.74) is 1.01. The first-order valence-electron chi connectivity index (χ1n) is 6.41. The third-order valence-electron chi connectivity index (χ3n) is 2.85. The molecule has 0 amide bonds. The van der Waals surface area contributed by atoms with Crippen molar-refractivity contribution in [2.24, 2.45) is 0 Å². The summed E-state index contributed by atoms with van der Waals surface area (Å²) < 4.78 is 12.2. The molecular formula is C16H19NO3. The number of fused-ring (bicyclic) bond motifs is 1. The van der Waals surface area contributed by atoms with Crippen LogP contribution in [0.2, 0.25) is 0 Å². The van der Waals surface area contributed by atoms with Crippen LogP contribution in [0.1, 0.15) is 26.3 Å². The summed E-state index contributed by atoms with van der Waals surface area (Å²) in [4.78, 5) is 12.3. The molecule has 0 atom stereocenters. The molecule has 0 saturated carbocycles. The Kier molecular flexibility index (Phi) is 3.57. The molecule has 0 fully saturated rings. The number of carbonyl (C=O) groups excluding carboxylic acids is 1. The van der Waals surface area contributed by atoms with Crippen LogP contribution in [0.25, 0.3) is 17.0 Å². The lowest BCUT2D eigenvalue weighted by atomic mass is 10.1. The second-order valence-electron chi connectivity index (χ2n) is 5.50. The van der Waals surface area contributed by atoms with E-state index >= 15 is 0 Å². The monoisotopic (exact) mass is 273 g/mol. The van der Waals surface area contributed by atoms with E-state index in [2.05, 4.69) is 6.58 Å². The zero-order valence-corrected chi connectivity index (χ0v) is 12.3. The van der Waals surface area contributed by atoms with Crippen LogP contribution in [0, 0.1) is 0 Å². The van der Waals surface area contributed by atoms with Crippen LogP contribution >= 0.6 is 0 Å². The summed E-state index contributed by atoms with van der Waals surface area (Å²) in [6.07, 6.45) is 3.00. The Labute approximate surface area is 118 Å². The number of rotatable bonds is 2. The fraction of sp³-hybridized carbons (Fsp3) is 0.312. The molecular weight excluding hydrogens is 254 g/mol. The maximum absolute atomic E-state index is 12.3. The molecule has 4 nitrogen and oxygen atoms in total. The Bertz CT molecular complexity index is 662. The third kappa shape index (κ3) is 2.54. The number of ether oxygens (including phenoxy) is 2. The van der Waals surface area contributed by atoms with E-state index in [-0.39, 0.29) is 0 Å². The van der Waals surface area contributed by atoms with Crippen molar-refractivity contribution in [3.8, 4) is 5.75 Å². The minimum absolute atomic E-state index is 0.430. The summed E-state index contributed by atoms with van der Waals surface area (Å²) >= 11 is 0. The highest BCUT2D eigenvalue weighted by atomic mass is 16.6. The van der Waals surface area contributed by atoms with Gasteiger partial charge in [-0.3, -0.25) is 0 Å². The van der Waals surface area contributed by atoms with Gasteiger partial charge in [-0.15, -0.1) is 0 Å². The minimum Gasteiger partial charge on any atom is -0.495 e. The molecule has 0 aliphatic rings. The fourth-order valence-electron chi connectivity index (χ4n) is 2.06. The molecule has 106 valence electrons. The summed E-state index contributed by atoms with van der Waals surface area (Å²) in [5, 5.41) is 0.908. The van der Waals surface area contributed by atoms with Crippen LogP contribution in [0.4, 0.5) is 4.79 Å². The summed E-state index contributed by atoms with van der Waals surface area (Å²) in [6, 6.07) is 5.62. The van der Waals surface area contributed by atoms with Gasteiger partial charge in [-0.2, -0.15) is 0 Å². The largest absolute Gasteiger partial charge is 0.495 e. The van der Waals surface area contributed by atoms with Crippen LogP contribution < -0.4 is 4.74 Å². The SMILES string of the molecule is C=Cc1cn(C(=O)OC(C)(C)C)c2c(OC)cccc12. The van der Waals surface area contributed by atoms with Crippen LogP contribution in [0.15, 0.2) is 31.0 Å². The van der Waals surface area contributed by atoms with E-state index in [9.17, 15) is 4.79 Å². The highest BCUT2D eigenvalue weighted by Crippen LogP contribution is 2.31. The number of carbonyl (C=O) groups is 1. The number of hydrogen-bond donors (Lipinski definition) is 0. The molecule has 1 aromatic carbocycles. The van der Waals surface area contributed by atoms with Gasteiger partial charge in [0.2, 0.25) is 0 Å². The first kappa shape index (κ1) is 14.2. The number of benzene rings is 1. The molecule has 20 heavy (non-hydrogen) atoms. The molecule has 0 bridgehead atoms. The molecule has 0 N–H and O–H groups in total. The Morgan fingerprint density at radius 2 is 2.05 bits per heavy atom. The highest BCUT2D eigenvalue weighted by Gasteiger charge is 2.21. The molecule has 0 aliphatic heterocycles. The number of hydrogen-bond acceptors (Lipinski definition) is 3. The Balaban J connectivity index is 2.64. The Morgan fingerprint density at radius 1 is 1.35 bits per heavy atom. The highest BCUT2D eigenvalue weighted by molar-refractivity contribution is 5.98. The summed E-state index contributed by atoms with van der Waals surface area (Å²) in [5.74, 6) is 0.626. The number of para-hydroxylation sites is 1. The minimum atomic E-state index is -0.552. The molecule has 0 aliphatic carbocycles. The quantitative estimate of drug-likeness (QED) is 0.828. The molecule has 1 aromatic heterocycles. The lowest BCUT2D eigenvalue weighted by Crippen LogP contribution is -2.26. The molecule has 1 heterocycles. The van der Waals surface area contributed by atoms with Crippen LogP contribution in [-0.4, -0.2) is 23.4 Å². The maximum Gasteiger partial charge on any atom is 0.419 e. The number of aromatic nitrogens is 1. The van der Waals surface area contributed by atoms with Gasteiger partial charge in [0.15, 0.2) is 0 Å². The van der Waals surface area contributed by atoms with Crippen molar-refractivity contribution in [3.63, 3.8) is 0 Å². The van der Waals surface area contributed by atoms with Crippen molar-refractivity contribution in [1.82, 2.24) is 4.57 Å². The zero-order chi connectivity index (χ0) is 14.9. The number of nitrogens with zero attached hydrogens (tertiary/aromatic N) is 1. The zero-order valence-electron chi connectivity index (χ0n) is 12.3. The lowest BCUT2D eigenvalue weighted by Gasteiger charge is -2.20. The van der Waals surface area contributed by atoms with Gasteiger partial charge >= 0.3 is 6.09 Å². The molecule has 2 rings (SSSR count). The molecule has 0 spiro atoms. The van der Waals surface area contributed by atoms with E-state index in [0.29, 0.717) is 11.3 Å². The van der Waals surface area contributed by atoms with E-state index in [0.717, 1.165) is 10.9 Å². The third-order valence-corrected chi connectivity index (χ3v) is 2.85. The van der Waals surface area contributed by atoms with Crippen molar-refractivity contribution in [2.75, 3.05) is 7.11 Å². The van der Waals surface area contributed by atoms with Gasteiger partial charge in [-0.1, -0.05) is 24.8 Å². The predicted molar refractivity (Wildman–Crippen MR) is 80.2 cm³/mol. The predicted octanol–water partition coefficient (Wildman–Crippen LogP) is 4.08. The molecule has 0 saturated heterocycles. The fourth-order valence-corrected chi connectivity index (χ4v) is 2.06. The van der Waals surface area contributed by atoms with Crippen LogP contribution in [0.3, 0.4) is 0 Å². The first-order chi connectivity index (χ1) is 9.37. The Hall–Kier alpha value is -2.23. The van der Waals surface area contributed by atoms with Crippen molar-refractivity contribution in [2.45, 2.75) is 26.4 Å². The average molecular weight is 273 g/mol. The van der Waals surface area contributed by atoms with Crippen molar-refractivity contribution in [1.29, 1.82) is 0 Å². The van der Waals surface area contributed by atoms with Gasteiger partial charge in [0.1, 0.15) is 16.9 Å². The van der Waals surface area contributed by atoms with Crippen LogP contribution in [0.5, 0.6) is 5.75 Å². The lowest BCUT2D eigenvalue weighted by molar-refractivity contribution is 0.0544. The normalized spacial score (nSPS) is 11.4. The van der Waals surface area contributed by atoms with Crippen molar-refractivity contribution >= 4 is 23.1 Å². The van der Waals surface area contributed by atoms with E-state index in [4.69, 9.17) is 9.47 Å². The van der Waals surface area contributed by atoms with Gasteiger partial charge in [0, 0.05) is 17.1 Å². The van der Waals surface area contributed by atoms with Crippen molar-refractivity contribution in [3.05, 3.63) is 36.5 Å². The smallest absolute Gasteiger partial charge is 0.419 e. The van der Waals surface area contributed by atoms with Gasteiger partial charge < -0.3 is 9.47 Å². The van der Waals surface area contributed by atoms with E-state index in [1.54, 1.807) is 19.4 Å². The van der Waals surface area contributed by atoms with Crippen molar-refractivity contribution < 1.29 is 14.3 Å². The van der Waals surface area contributed by atoms with E-state index in [1.807, 2.05) is 39.0 Å². The topological polar surface area (TPSA) is 40.5 Å². The van der Waals surface area contributed by atoms with Gasteiger partial charge in [-0.25, -0.2) is 9.36 Å². The molecule has 0 unspecified atom stereocenters. The van der Waals surface area contributed by atoms with E-state index < -0.39 is 11.7 Å². The summed E-state index contributed by atoms with van der Waals surface area (Å²) in [7, 11) is 1.58. The van der Waals surface area contributed by atoms with Crippen LogP contribution in [-0.2, 0) is 4.74 Å². The van der Waals surface area contributed by atoms with Gasteiger partial charge in [0.25, 0.3) is 0 Å². The maximum atomic E-state index is 12.3. The first-order valence-corrected chi connectivity index (χ1v) is 6.41. The van der Waals surface area contributed by atoms with Gasteiger partial charge in [0.05, 0.1) is 7.11 Å². The average Bonchev–Trinajstić information content (AvgIpc) is 2.75. The molecule has 0 radical (unpaired) electrons. The van der Waals surface area contributed by atoms with E-state index in [1.165, 1.54) is 4.57 Å². The Morgan fingerprint density at radius 3 is 2.60 bits per heavy atom. The number of methoxy groups -OCH3 is 1. The second-order valence-corrected chi connectivity index (χ2v) is 5.50. The summed E-state index contributed by atoms with van der Waals surface area (Å²) in [6.45, 7) is 9.28. The molecule has 2 aromatic rings. The second kappa shape index (κ2) is 5.04. The van der Waals surface area contributed by atoms with Gasteiger partial charge in [-0.05, 0) is 26.8 Å².